The maximum absolute atomic E-state index is 10.6. The van der Waals surface area contributed by atoms with Crippen LogP contribution in [0.2, 0.25) is 5.02 Å². The van der Waals surface area contributed by atoms with Crippen LogP contribution in [0.4, 0.5) is 0 Å². The molecule has 2 aromatic carbocycles. The number of aliphatic hydroxyl groups excluding tert-OH is 1. The summed E-state index contributed by atoms with van der Waals surface area (Å²) in [5.41, 5.74) is 5.74. The zero-order valence-corrected chi connectivity index (χ0v) is 16.3. The van der Waals surface area contributed by atoms with E-state index in [1.54, 1.807) is 18.2 Å². The van der Waals surface area contributed by atoms with E-state index in [9.17, 15) is 14.8 Å². The van der Waals surface area contributed by atoms with Crippen LogP contribution < -0.4 is 5.73 Å². The largest absolute Gasteiger partial charge is 0.694 e. The highest BCUT2D eigenvalue weighted by atomic mass is 35.5. The van der Waals surface area contributed by atoms with E-state index in [0.717, 1.165) is 15.4 Å². The molecule has 0 bridgehead atoms. The van der Waals surface area contributed by atoms with E-state index < -0.39 is 13.8 Å². The molecule has 5 N–H and O–H groups in total. The topological polar surface area (TPSA) is 113 Å². The van der Waals surface area contributed by atoms with Crippen molar-refractivity contribution in [1.29, 1.82) is 0 Å². The molecular weight excluding hydrogens is 397 g/mol. The number of halogens is 1. The molecule has 140 valence electrons. The van der Waals surface area contributed by atoms with Gasteiger partial charge in [-0.05, 0) is 48.7 Å². The number of phenols is 1. The predicted octanol–water partition coefficient (Wildman–Crippen LogP) is 3.49. The zero-order chi connectivity index (χ0) is 19.2. The SMILES string of the molecule is NC(CO)(CCc1ccc(Sc2cccc(O)c2)cc1Cl)CO[P+](=O)O. The Bertz CT molecular complexity index is 779. The summed E-state index contributed by atoms with van der Waals surface area (Å²) in [6, 6.07) is 12.5. The van der Waals surface area contributed by atoms with Crippen molar-refractivity contribution in [2.24, 2.45) is 5.73 Å². The maximum atomic E-state index is 10.6. The van der Waals surface area contributed by atoms with Crippen molar-refractivity contribution in [3.05, 3.63) is 53.1 Å². The molecule has 2 rings (SSSR count). The Balaban J connectivity index is 2.01. The lowest BCUT2D eigenvalue weighted by atomic mass is 9.94. The molecule has 26 heavy (non-hydrogen) atoms. The molecule has 2 unspecified atom stereocenters. The van der Waals surface area contributed by atoms with Crippen LogP contribution in [0.15, 0.2) is 52.3 Å². The fraction of sp³-hybridized carbons (Fsp3) is 0.294. The molecule has 0 fully saturated rings. The summed E-state index contributed by atoms with van der Waals surface area (Å²) < 4.78 is 15.3. The van der Waals surface area contributed by atoms with E-state index in [2.05, 4.69) is 4.52 Å². The highest BCUT2D eigenvalue weighted by Gasteiger charge is 2.29. The lowest BCUT2D eigenvalue weighted by Crippen LogP contribution is -2.48. The van der Waals surface area contributed by atoms with Crippen molar-refractivity contribution in [2.75, 3.05) is 13.2 Å². The molecule has 0 aliphatic rings. The highest BCUT2D eigenvalue weighted by molar-refractivity contribution is 7.99. The average Bonchev–Trinajstić information content (AvgIpc) is 2.59. The summed E-state index contributed by atoms with van der Waals surface area (Å²) in [7, 11) is -2.76. The maximum Gasteiger partial charge on any atom is 0.694 e. The molecule has 2 atom stereocenters. The van der Waals surface area contributed by atoms with Crippen LogP contribution in [0.5, 0.6) is 5.75 Å². The molecule has 0 heterocycles. The third-order valence-corrected chi connectivity index (χ3v) is 5.43. The van der Waals surface area contributed by atoms with Crippen molar-refractivity contribution in [3.8, 4) is 5.75 Å². The first-order valence-corrected chi connectivity index (χ1v) is 10.1. The van der Waals surface area contributed by atoms with Gasteiger partial charge >= 0.3 is 8.25 Å². The van der Waals surface area contributed by atoms with Gasteiger partial charge in [-0.2, -0.15) is 0 Å². The molecule has 9 heteroatoms. The average molecular weight is 417 g/mol. The van der Waals surface area contributed by atoms with E-state index in [-0.39, 0.29) is 19.0 Å². The van der Waals surface area contributed by atoms with Gasteiger partial charge in [0.15, 0.2) is 0 Å². The van der Waals surface area contributed by atoms with E-state index in [1.165, 1.54) is 11.8 Å². The van der Waals surface area contributed by atoms with Gasteiger partial charge in [-0.1, -0.05) is 35.5 Å². The number of aryl methyl sites for hydroxylation is 1. The minimum absolute atomic E-state index is 0.202. The van der Waals surface area contributed by atoms with Gasteiger partial charge in [-0.25, -0.2) is 0 Å². The Kier molecular flexibility index (Phi) is 7.85. The number of nitrogens with two attached hydrogens (primary N) is 1. The molecule has 0 aliphatic heterocycles. The minimum Gasteiger partial charge on any atom is -0.508 e. The lowest BCUT2D eigenvalue weighted by Gasteiger charge is -2.24. The number of benzene rings is 2. The highest BCUT2D eigenvalue weighted by Crippen LogP contribution is 2.33. The van der Waals surface area contributed by atoms with Gasteiger partial charge in [0, 0.05) is 19.4 Å². The summed E-state index contributed by atoms with van der Waals surface area (Å²) in [6.07, 6.45) is 0.823. The molecule has 0 radical (unpaired) electrons. The van der Waals surface area contributed by atoms with Crippen LogP contribution >= 0.6 is 31.6 Å². The summed E-state index contributed by atoms with van der Waals surface area (Å²) in [5, 5.41) is 19.5. The monoisotopic (exact) mass is 416 g/mol. The second kappa shape index (κ2) is 9.67. The Labute approximate surface area is 161 Å². The minimum atomic E-state index is -2.76. The Morgan fingerprint density at radius 3 is 2.58 bits per heavy atom. The smallest absolute Gasteiger partial charge is 0.508 e. The third-order valence-electron chi connectivity index (χ3n) is 3.75. The fourth-order valence-corrected chi connectivity index (χ4v) is 3.86. The van der Waals surface area contributed by atoms with Crippen LogP contribution in [0.25, 0.3) is 0 Å². The summed E-state index contributed by atoms with van der Waals surface area (Å²) in [5.74, 6) is 0.202. The second-order valence-corrected chi connectivity index (χ2v) is 8.17. The van der Waals surface area contributed by atoms with Gasteiger partial charge in [0.25, 0.3) is 0 Å². The number of phenolic OH excluding ortho intramolecular Hbond substituents is 1. The first-order chi connectivity index (χ1) is 12.3. The number of aromatic hydroxyl groups is 1. The Morgan fingerprint density at radius 2 is 1.96 bits per heavy atom. The van der Waals surface area contributed by atoms with E-state index >= 15 is 0 Å². The van der Waals surface area contributed by atoms with Crippen molar-refractivity contribution in [2.45, 2.75) is 28.2 Å². The first kappa shape index (κ1) is 21.1. The van der Waals surface area contributed by atoms with E-state index in [4.69, 9.17) is 22.2 Å². The third kappa shape index (κ3) is 6.52. The van der Waals surface area contributed by atoms with Gasteiger partial charge in [-0.15, -0.1) is 9.42 Å². The molecule has 0 amide bonds. The predicted molar refractivity (Wildman–Crippen MR) is 102 cm³/mol. The quantitative estimate of drug-likeness (QED) is 0.463. The van der Waals surface area contributed by atoms with Crippen molar-refractivity contribution >= 4 is 31.6 Å². The molecule has 0 saturated carbocycles. The lowest BCUT2D eigenvalue weighted by molar-refractivity contribution is 0.123. The van der Waals surface area contributed by atoms with Gasteiger partial charge in [0.05, 0.1) is 12.1 Å². The zero-order valence-electron chi connectivity index (χ0n) is 13.8. The van der Waals surface area contributed by atoms with Crippen molar-refractivity contribution in [3.63, 3.8) is 0 Å². The Morgan fingerprint density at radius 1 is 1.23 bits per heavy atom. The molecule has 0 spiro atoms. The molecule has 0 aliphatic carbocycles. The summed E-state index contributed by atoms with van der Waals surface area (Å²) in [6.45, 7) is -0.600. The molecule has 0 aromatic heterocycles. The van der Waals surface area contributed by atoms with E-state index in [1.807, 2.05) is 24.3 Å². The number of rotatable bonds is 9. The van der Waals surface area contributed by atoms with Gasteiger partial charge < -0.3 is 15.9 Å². The van der Waals surface area contributed by atoms with Crippen LogP contribution in [-0.4, -0.2) is 33.9 Å². The molecular formula is C17H20ClNO5PS+. The van der Waals surface area contributed by atoms with Crippen LogP contribution in [0.1, 0.15) is 12.0 Å². The van der Waals surface area contributed by atoms with Crippen molar-refractivity contribution < 1.29 is 24.2 Å². The van der Waals surface area contributed by atoms with Crippen molar-refractivity contribution in [1.82, 2.24) is 0 Å². The number of aliphatic hydroxyl groups is 1. The summed E-state index contributed by atoms with van der Waals surface area (Å²) >= 11 is 7.82. The second-order valence-electron chi connectivity index (χ2n) is 5.88. The molecule has 6 nitrogen and oxygen atoms in total. The number of hydrogen-bond donors (Lipinski definition) is 4. The van der Waals surface area contributed by atoms with E-state index in [0.29, 0.717) is 17.9 Å². The number of hydrogen-bond acceptors (Lipinski definition) is 6. The van der Waals surface area contributed by atoms with Crippen LogP contribution in [0.3, 0.4) is 0 Å². The van der Waals surface area contributed by atoms with Gasteiger partial charge in [0.1, 0.15) is 12.4 Å². The van der Waals surface area contributed by atoms with Gasteiger partial charge in [0.2, 0.25) is 0 Å². The van der Waals surface area contributed by atoms with Crippen LogP contribution in [-0.2, 0) is 15.5 Å². The molecule has 2 aromatic rings. The fourth-order valence-electron chi connectivity index (χ4n) is 2.24. The standard InChI is InChI=1S/C17H19ClNO5PS/c18-16-9-15(26-14-3-1-2-13(21)8-14)5-4-12(16)6-7-17(19,10-20)11-24-25(22)23/h1-5,8-9,20H,6-7,10-11,19H2,(H-,21,22,23)/p+1. The van der Waals surface area contributed by atoms with Gasteiger partial charge in [-0.3, -0.25) is 0 Å². The normalized spacial score (nSPS) is 14.1. The first-order valence-electron chi connectivity index (χ1n) is 7.75. The molecule has 0 saturated heterocycles. The van der Waals surface area contributed by atoms with Crippen LogP contribution in [0, 0.1) is 0 Å². The Hall–Kier alpha value is -1.18. The summed E-state index contributed by atoms with van der Waals surface area (Å²) in [4.78, 5) is 10.5.